The van der Waals surface area contributed by atoms with Crippen molar-refractivity contribution >= 4 is 11.9 Å². The first-order chi connectivity index (χ1) is 12.3. The zero-order valence-electron chi connectivity index (χ0n) is 14.0. The number of methoxy groups -OCH3 is 2. The number of esters is 1. The van der Waals surface area contributed by atoms with Crippen LogP contribution in [-0.4, -0.2) is 32.1 Å². The fourth-order valence-electron chi connectivity index (χ4n) is 2.32. The van der Waals surface area contributed by atoms with Crippen LogP contribution in [0.2, 0.25) is 0 Å². The van der Waals surface area contributed by atoms with Crippen molar-refractivity contribution in [2.24, 2.45) is 0 Å². The Labute approximate surface area is 147 Å². The molecule has 0 aliphatic rings. The van der Waals surface area contributed by atoms with Gasteiger partial charge in [0, 0.05) is 18.6 Å². The van der Waals surface area contributed by atoms with Gasteiger partial charge in [0.15, 0.2) is 0 Å². The van der Waals surface area contributed by atoms with Gasteiger partial charge in [-0.1, -0.05) is 12.1 Å². The first kappa shape index (κ1) is 19.3. The maximum atomic E-state index is 13.7. The summed E-state index contributed by atoms with van der Waals surface area (Å²) in [6.07, 6.45) is 0.0207. The average molecular weight is 367 g/mol. The zero-order valence-corrected chi connectivity index (χ0v) is 14.0. The number of carbonyl (C=O) groups excluding carboxylic acids is 2. The molecule has 0 bridgehead atoms. The molecular weight excluding hydrogens is 351 g/mol. The molecular formula is C18H16F3NO4. The SMILES string of the molecule is COC(=O)[C@@H](Cc1ccc(OC)cc1)NC(=O)c1c(F)cc(F)cc1F. The smallest absolute Gasteiger partial charge is 0.328 e. The molecule has 0 aliphatic heterocycles. The summed E-state index contributed by atoms with van der Waals surface area (Å²) in [6.45, 7) is 0. The van der Waals surface area contributed by atoms with Gasteiger partial charge in [-0.2, -0.15) is 0 Å². The first-order valence-corrected chi connectivity index (χ1v) is 7.52. The Morgan fingerprint density at radius 3 is 2.12 bits per heavy atom. The van der Waals surface area contributed by atoms with E-state index in [-0.39, 0.29) is 6.42 Å². The highest BCUT2D eigenvalue weighted by Gasteiger charge is 2.26. The van der Waals surface area contributed by atoms with Gasteiger partial charge in [0.25, 0.3) is 5.91 Å². The Hall–Kier alpha value is -3.03. The lowest BCUT2D eigenvalue weighted by Crippen LogP contribution is -2.43. The minimum Gasteiger partial charge on any atom is -0.497 e. The number of halogens is 3. The lowest BCUT2D eigenvalue weighted by atomic mass is 10.0. The zero-order chi connectivity index (χ0) is 19.3. The molecule has 0 aromatic heterocycles. The van der Waals surface area contributed by atoms with Crippen LogP contribution in [0.15, 0.2) is 36.4 Å². The lowest BCUT2D eigenvalue weighted by Gasteiger charge is -2.17. The fraction of sp³-hybridized carbons (Fsp3) is 0.222. The van der Waals surface area contributed by atoms with Crippen molar-refractivity contribution < 1.29 is 32.2 Å². The highest BCUT2D eigenvalue weighted by atomic mass is 19.1. The summed E-state index contributed by atoms with van der Waals surface area (Å²) in [5.41, 5.74) is -0.323. The monoisotopic (exact) mass is 367 g/mol. The van der Waals surface area contributed by atoms with Gasteiger partial charge in [0.05, 0.1) is 14.2 Å². The Kier molecular flexibility index (Phi) is 6.21. The molecule has 0 saturated carbocycles. The molecule has 138 valence electrons. The fourth-order valence-corrected chi connectivity index (χ4v) is 2.32. The summed E-state index contributed by atoms with van der Waals surface area (Å²) < 4.78 is 50.1. The van der Waals surface area contributed by atoms with Gasteiger partial charge in [0.1, 0.15) is 34.8 Å². The number of carbonyl (C=O) groups is 2. The molecule has 0 spiro atoms. The van der Waals surface area contributed by atoms with Crippen molar-refractivity contribution in [3.05, 3.63) is 65.0 Å². The summed E-state index contributed by atoms with van der Waals surface area (Å²) >= 11 is 0. The maximum absolute atomic E-state index is 13.7. The summed E-state index contributed by atoms with van der Waals surface area (Å²) in [5.74, 6) is -5.27. The second-order valence-corrected chi connectivity index (χ2v) is 5.35. The number of hydrogen-bond acceptors (Lipinski definition) is 4. The third kappa shape index (κ3) is 4.53. The lowest BCUT2D eigenvalue weighted by molar-refractivity contribution is -0.142. The van der Waals surface area contributed by atoms with Crippen molar-refractivity contribution in [3.8, 4) is 5.75 Å². The number of ether oxygens (including phenoxy) is 2. The molecule has 1 atom stereocenters. The van der Waals surface area contributed by atoms with Gasteiger partial charge in [0.2, 0.25) is 0 Å². The van der Waals surface area contributed by atoms with Crippen molar-refractivity contribution in [1.82, 2.24) is 5.32 Å². The quantitative estimate of drug-likeness (QED) is 0.798. The number of hydrogen-bond donors (Lipinski definition) is 1. The van der Waals surface area contributed by atoms with E-state index >= 15 is 0 Å². The summed E-state index contributed by atoms with van der Waals surface area (Å²) in [4.78, 5) is 24.1. The van der Waals surface area contributed by atoms with Gasteiger partial charge in [-0.15, -0.1) is 0 Å². The summed E-state index contributed by atoms with van der Waals surface area (Å²) in [5, 5.41) is 2.22. The third-order valence-electron chi connectivity index (χ3n) is 3.62. The highest BCUT2D eigenvalue weighted by Crippen LogP contribution is 2.16. The number of benzene rings is 2. The topological polar surface area (TPSA) is 64.6 Å². The molecule has 2 aromatic carbocycles. The Bertz CT molecular complexity index is 786. The average Bonchev–Trinajstić information content (AvgIpc) is 2.60. The van der Waals surface area contributed by atoms with E-state index in [1.165, 1.54) is 7.11 Å². The van der Waals surface area contributed by atoms with E-state index in [4.69, 9.17) is 4.74 Å². The Morgan fingerprint density at radius 1 is 1.04 bits per heavy atom. The van der Waals surface area contributed by atoms with E-state index in [0.717, 1.165) is 7.11 Å². The molecule has 2 aromatic rings. The maximum Gasteiger partial charge on any atom is 0.328 e. The molecule has 2 rings (SSSR count). The van der Waals surface area contributed by atoms with Crippen LogP contribution in [0.5, 0.6) is 5.75 Å². The van der Waals surface area contributed by atoms with Crippen LogP contribution in [0.25, 0.3) is 0 Å². The summed E-state index contributed by atoms with van der Waals surface area (Å²) in [6, 6.07) is 6.23. The Balaban J connectivity index is 2.22. The van der Waals surface area contributed by atoms with E-state index in [2.05, 4.69) is 10.1 Å². The Morgan fingerprint density at radius 2 is 1.62 bits per heavy atom. The van der Waals surface area contributed by atoms with Crippen molar-refractivity contribution in [2.75, 3.05) is 14.2 Å². The van der Waals surface area contributed by atoms with Gasteiger partial charge in [-0.3, -0.25) is 4.79 Å². The number of nitrogens with one attached hydrogen (secondary N) is 1. The van der Waals surface area contributed by atoms with E-state index < -0.39 is 40.9 Å². The number of amides is 1. The standard InChI is InChI=1S/C18H16F3NO4/c1-25-12-5-3-10(4-6-12)7-15(18(24)26-2)22-17(23)16-13(20)8-11(19)9-14(16)21/h3-6,8-9,15H,7H2,1-2H3,(H,22,23)/t15-/m1/s1. The van der Waals surface area contributed by atoms with Gasteiger partial charge in [-0.05, 0) is 17.7 Å². The predicted molar refractivity (Wildman–Crippen MR) is 86.3 cm³/mol. The molecule has 5 nitrogen and oxygen atoms in total. The van der Waals surface area contributed by atoms with Crippen LogP contribution in [-0.2, 0) is 16.0 Å². The van der Waals surface area contributed by atoms with E-state index in [9.17, 15) is 22.8 Å². The van der Waals surface area contributed by atoms with Crippen LogP contribution in [0, 0.1) is 17.5 Å². The van der Waals surface area contributed by atoms with Crippen LogP contribution in [0.4, 0.5) is 13.2 Å². The second-order valence-electron chi connectivity index (χ2n) is 5.35. The van der Waals surface area contributed by atoms with Gasteiger partial charge in [-0.25, -0.2) is 18.0 Å². The third-order valence-corrected chi connectivity index (χ3v) is 3.62. The van der Waals surface area contributed by atoms with E-state index in [0.29, 0.717) is 23.4 Å². The molecule has 0 unspecified atom stereocenters. The molecule has 1 amide bonds. The molecule has 0 aliphatic carbocycles. The molecule has 1 N–H and O–H groups in total. The predicted octanol–water partition coefficient (Wildman–Crippen LogP) is 2.63. The van der Waals surface area contributed by atoms with E-state index in [1.807, 2.05) is 0 Å². The second kappa shape index (κ2) is 8.37. The summed E-state index contributed by atoms with van der Waals surface area (Å²) in [7, 11) is 2.62. The first-order valence-electron chi connectivity index (χ1n) is 7.52. The van der Waals surface area contributed by atoms with Crippen molar-refractivity contribution in [2.45, 2.75) is 12.5 Å². The van der Waals surface area contributed by atoms with Gasteiger partial charge < -0.3 is 14.8 Å². The van der Waals surface area contributed by atoms with Crippen LogP contribution < -0.4 is 10.1 Å². The largest absolute Gasteiger partial charge is 0.497 e. The minimum atomic E-state index is -1.37. The van der Waals surface area contributed by atoms with Crippen molar-refractivity contribution in [3.63, 3.8) is 0 Å². The normalized spacial score (nSPS) is 11.6. The van der Waals surface area contributed by atoms with Gasteiger partial charge >= 0.3 is 5.97 Å². The van der Waals surface area contributed by atoms with E-state index in [1.54, 1.807) is 24.3 Å². The molecule has 26 heavy (non-hydrogen) atoms. The molecule has 0 fully saturated rings. The molecule has 0 saturated heterocycles. The number of rotatable bonds is 6. The highest BCUT2D eigenvalue weighted by molar-refractivity contribution is 5.97. The van der Waals surface area contributed by atoms with Crippen LogP contribution in [0.3, 0.4) is 0 Å². The van der Waals surface area contributed by atoms with Crippen LogP contribution >= 0.6 is 0 Å². The van der Waals surface area contributed by atoms with Crippen molar-refractivity contribution in [1.29, 1.82) is 0 Å². The molecule has 0 radical (unpaired) electrons. The molecule has 0 heterocycles. The minimum absolute atomic E-state index is 0.0207. The molecule has 8 heteroatoms. The van der Waals surface area contributed by atoms with Crippen LogP contribution in [0.1, 0.15) is 15.9 Å².